The quantitative estimate of drug-likeness (QED) is 0.391. The van der Waals surface area contributed by atoms with Crippen LogP contribution in [-0.2, 0) is 6.54 Å². The lowest BCUT2D eigenvalue weighted by Crippen LogP contribution is -2.26. The summed E-state index contributed by atoms with van der Waals surface area (Å²) in [5.74, 6) is -0.0558. The summed E-state index contributed by atoms with van der Waals surface area (Å²) in [6.07, 6.45) is 5.11. The van der Waals surface area contributed by atoms with E-state index in [2.05, 4.69) is 16.1 Å². The van der Waals surface area contributed by atoms with Gasteiger partial charge in [-0.1, -0.05) is 24.3 Å². The second kappa shape index (κ2) is 8.60. The highest BCUT2D eigenvalue weighted by atomic mass is 32.1. The summed E-state index contributed by atoms with van der Waals surface area (Å²) in [6.45, 7) is 0.448. The lowest BCUT2D eigenvalue weighted by molar-refractivity contribution is 0.0785. The van der Waals surface area contributed by atoms with E-state index < -0.39 is 0 Å². The summed E-state index contributed by atoms with van der Waals surface area (Å²) in [7, 11) is 1.81. The molecule has 0 aliphatic heterocycles. The van der Waals surface area contributed by atoms with Crippen LogP contribution in [0.1, 0.15) is 15.9 Å². The fraction of sp³-hybridized carbons (Fsp3) is 0.0833. The zero-order valence-corrected chi connectivity index (χ0v) is 18.2. The van der Waals surface area contributed by atoms with Crippen LogP contribution >= 0.6 is 11.3 Å². The van der Waals surface area contributed by atoms with Gasteiger partial charge in [0, 0.05) is 30.9 Å². The molecule has 3 heterocycles. The summed E-state index contributed by atoms with van der Waals surface area (Å²) < 4.78 is 3.53. The molecule has 0 aliphatic rings. The summed E-state index contributed by atoms with van der Waals surface area (Å²) in [4.78, 5) is 19.8. The Morgan fingerprint density at radius 3 is 2.44 bits per heavy atom. The summed E-state index contributed by atoms with van der Waals surface area (Å²) >= 11 is 1.64. The molecule has 0 saturated heterocycles. The highest BCUT2D eigenvalue weighted by Gasteiger charge is 2.18. The SMILES string of the molecule is CN(Cc1cn(-c2ccccc2)nc1-c1cccs1)C(=O)c1ccc(-n2cncn2)cc1. The third-order valence-corrected chi connectivity index (χ3v) is 5.99. The third-order valence-electron chi connectivity index (χ3n) is 5.12. The number of aromatic nitrogens is 5. The maximum Gasteiger partial charge on any atom is 0.253 e. The predicted molar refractivity (Wildman–Crippen MR) is 124 cm³/mol. The molecule has 8 heteroatoms. The third kappa shape index (κ3) is 3.95. The van der Waals surface area contributed by atoms with E-state index in [-0.39, 0.29) is 5.91 Å². The van der Waals surface area contributed by atoms with Gasteiger partial charge < -0.3 is 4.90 Å². The molecule has 5 aromatic rings. The van der Waals surface area contributed by atoms with E-state index in [4.69, 9.17) is 5.10 Å². The fourth-order valence-corrected chi connectivity index (χ4v) is 4.25. The molecule has 0 N–H and O–H groups in total. The van der Waals surface area contributed by atoms with Crippen LogP contribution in [0.15, 0.2) is 91.0 Å². The Balaban J connectivity index is 1.40. The average Bonchev–Trinajstić information content (AvgIpc) is 3.61. The molecule has 5 rings (SSSR count). The maximum atomic E-state index is 13.1. The van der Waals surface area contributed by atoms with Crippen LogP contribution in [0.4, 0.5) is 0 Å². The van der Waals surface area contributed by atoms with E-state index >= 15 is 0 Å². The standard InChI is InChI=1S/C24H20N6OS/c1-28(24(31)18-9-11-21(12-10-18)30-17-25-16-26-30)14-19-15-29(20-6-3-2-4-7-20)27-23(19)22-8-5-13-32-22/h2-13,15-17H,14H2,1H3. The van der Waals surface area contributed by atoms with E-state index in [1.807, 2.05) is 84.0 Å². The Kier molecular flexibility index (Phi) is 5.35. The van der Waals surface area contributed by atoms with Crippen LogP contribution in [0.5, 0.6) is 0 Å². The van der Waals surface area contributed by atoms with Gasteiger partial charge in [0.1, 0.15) is 18.3 Å². The average molecular weight is 441 g/mol. The van der Waals surface area contributed by atoms with Gasteiger partial charge >= 0.3 is 0 Å². The molecule has 0 atom stereocenters. The zero-order valence-electron chi connectivity index (χ0n) is 17.4. The molecule has 0 aliphatic carbocycles. The number of benzene rings is 2. The Morgan fingerprint density at radius 1 is 0.969 bits per heavy atom. The largest absolute Gasteiger partial charge is 0.337 e. The molecule has 1 amide bonds. The summed E-state index contributed by atoms with van der Waals surface area (Å²) in [5.41, 5.74) is 4.33. The van der Waals surface area contributed by atoms with Gasteiger partial charge in [-0.2, -0.15) is 10.2 Å². The molecule has 0 radical (unpaired) electrons. The van der Waals surface area contributed by atoms with Gasteiger partial charge in [0.05, 0.1) is 16.3 Å². The number of rotatable bonds is 6. The Labute approximate surface area is 189 Å². The van der Waals surface area contributed by atoms with Crippen LogP contribution in [0.2, 0.25) is 0 Å². The molecule has 158 valence electrons. The number of carbonyl (C=O) groups is 1. The van der Waals surface area contributed by atoms with Gasteiger partial charge in [-0.25, -0.2) is 14.3 Å². The number of amides is 1. The Hall–Kier alpha value is -4.04. The van der Waals surface area contributed by atoms with Crippen LogP contribution in [0, 0.1) is 0 Å². The first-order valence-electron chi connectivity index (χ1n) is 10.1. The van der Waals surface area contributed by atoms with Crippen molar-refractivity contribution in [1.29, 1.82) is 0 Å². The van der Waals surface area contributed by atoms with E-state index in [1.54, 1.807) is 27.2 Å². The number of hydrogen-bond donors (Lipinski definition) is 0. The molecular weight excluding hydrogens is 420 g/mol. The fourth-order valence-electron chi connectivity index (χ4n) is 3.51. The molecule has 0 bridgehead atoms. The van der Waals surface area contributed by atoms with Crippen molar-refractivity contribution < 1.29 is 4.79 Å². The highest BCUT2D eigenvalue weighted by molar-refractivity contribution is 7.13. The van der Waals surface area contributed by atoms with E-state index in [1.165, 1.54) is 6.33 Å². The topological polar surface area (TPSA) is 68.8 Å². The normalized spacial score (nSPS) is 10.9. The molecule has 0 fully saturated rings. The highest BCUT2D eigenvalue weighted by Crippen LogP contribution is 2.28. The summed E-state index contributed by atoms with van der Waals surface area (Å²) in [5, 5.41) is 11.0. The van der Waals surface area contributed by atoms with Crippen molar-refractivity contribution in [1.82, 2.24) is 29.4 Å². The van der Waals surface area contributed by atoms with Crippen molar-refractivity contribution in [3.8, 4) is 21.9 Å². The van der Waals surface area contributed by atoms with Crippen molar-refractivity contribution in [3.05, 3.63) is 102 Å². The molecule has 0 unspecified atom stereocenters. The molecule has 32 heavy (non-hydrogen) atoms. The monoisotopic (exact) mass is 440 g/mol. The van der Waals surface area contributed by atoms with Crippen LogP contribution in [-0.4, -0.2) is 42.4 Å². The van der Waals surface area contributed by atoms with Gasteiger partial charge in [0.2, 0.25) is 0 Å². The van der Waals surface area contributed by atoms with E-state index in [0.29, 0.717) is 12.1 Å². The van der Waals surface area contributed by atoms with E-state index in [9.17, 15) is 4.79 Å². The smallest absolute Gasteiger partial charge is 0.253 e. The van der Waals surface area contributed by atoms with Crippen LogP contribution in [0.25, 0.3) is 21.9 Å². The second-order valence-electron chi connectivity index (χ2n) is 7.31. The van der Waals surface area contributed by atoms with Crippen molar-refractivity contribution >= 4 is 17.2 Å². The molecule has 0 saturated carbocycles. The number of nitrogens with zero attached hydrogens (tertiary/aromatic N) is 6. The minimum atomic E-state index is -0.0558. The maximum absolute atomic E-state index is 13.1. The van der Waals surface area contributed by atoms with Gasteiger partial charge in [0.15, 0.2) is 0 Å². The minimum Gasteiger partial charge on any atom is -0.337 e. The van der Waals surface area contributed by atoms with Crippen molar-refractivity contribution in [3.63, 3.8) is 0 Å². The number of para-hydroxylation sites is 1. The Bertz CT molecular complexity index is 1310. The number of thiophene rings is 1. The lowest BCUT2D eigenvalue weighted by atomic mass is 10.1. The van der Waals surface area contributed by atoms with Crippen molar-refractivity contribution in [2.75, 3.05) is 7.05 Å². The molecule has 3 aromatic heterocycles. The zero-order chi connectivity index (χ0) is 21.9. The molecule has 0 spiro atoms. The van der Waals surface area contributed by atoms with Gasteiger partial charge in [0.25, 0.3) is 5.91 Å². The number of carbonyl (C=O) groups excluding carboxylic acids is 1. The molecule has 2 aromatic carbocycles. The molecular formula is C24H20N6OS. The first-order valence-corrected chi connectivity index (χ1v) is 11.0. The summed E-state index contributed by atoms with van der Waals surface area (Å²) in [6, 6.07) is 21.4. The van der Waals surface area contributed by atoms with Crippen molar-refractivity contribution in [2.45, 2.75) is 6.54 Å². The first kappa shape index (κ1) is 19.9. The van der Waals surface area contributed by atoms with Gasteiger partial charge in [-0.15, -0.1) is 11.3 Å². The van der Waals surface area contributed by atoms with Crippen LogP contribution < -0.4 is 0 Å². The van der Waals surface area contributed by atoms with E-state index in [0.717, 1.165) is 27.5 Å². The Morgan fingerprint density at radius 2 is 1.75 bits per heavy atom. The van der Waals surface area contributed by atoms with Crippen LogP contribution in [0.3, 0.4) is 0 Å². The minimum absolute atomic E-state index is 0.0558. The second-order valence-corrected chi connectivity index (χ2v) is 8.26. The predicted octanol–water partition coefficient (Wildman–Crippen LogP) is 4.45. The van der Waals surface area contributed by atoms with Gasteiger partial charge in [-0.3, -0.25) is 4.79 Å². The molecule has 7 nitrogen and oxygen atoms in total. The van der Waals surface area contributed by atoms with Gasteiger partial charge in [-0.05, 0) is 47.8 Å². The first-order chi connectivity index (χ1) is 15.7. The number of hydrogen-bond acceptors (Lipinski definition) is 5. The lowest BCUT2D eigenvalue weighted by Gasteiger charge is -2.17. The van der Waals surface area contributed by atoms with Crippen molar-refractivity contribution in [2.24, 2.45) is 0 Å².